The van der Waals surface area contributed by atoms with Crippen LogP contribution in [0.1, 0.15) is 120 Å². The highest BCUT2D eigenvalue weighted by molar-refractivity contribution is 7.17. The summed E-state index contributed by atoms with van der Waals surface area (Å²) < 4.78 is 57.8. The minimum absolute atomic E-state index is 0.00600. The van der Waals surface area contributed by atoms with E-state index >= 15 is 13.2 Å². The third kappa shape index (κ3) is 15.6. The summed E-state index contributed by atoms with van der Waals surface area (Å²) in [6, 6.07) is 37.0. The van der Waals surface area contributed by atoms with E-state index in [0.717, 1.165) is 125 Å². The van der Waals surface area contributed by atoms with Crippen LogP contribution in [0, 0.1) is 88.9 Å². The van der Waals surface area contributed by atoms with Gasteiger partial charge in [-0.05, 0) is 96.8 Å². The first-order chi connectivity index (χ1) is 64.6. The molecule has 18 heterocycles. The van der Waals surface area contributed by atoms with E-state index in [0.29, 0.717) is 212 Å². The number of urea groups is 2. The van der Waals surface area contributed by atoms with E-state index in [4.69, 9.17) is 35.0 Å². The van der Waals surface area contributed by atoms with Crippen LogP contribution in [0.4, 0.5) is 72.7 Å². The summed E-state index contributed by atoms with van der Waals surface area (Å²) in [5, 5.41) is 78.1. The zero-order valence-corrected chi connectivity index (χ0v) is 77.5. The number of halogens is 3. The first kappa shape index (κ1) is 86.7. The lowest BCUT2D eigenvalue weighted by Gasteiger charge is -2.61. The Bertz CT molecular complexity index is 6810. The molecule has 9 aliphatic heterocycles. The van der Waals surface area contributed by atoms with Crippen molar-refractivity contribution in [3.63, 3.8) is 0 Å². The van der Waals surface area contributed by atoms with Crippen molar-refractivity contribution in [3.8, 4) is 52.0 Å². The van der Waals surface area contributed by atoms with Crippen LogP contribution in [0.2, 0.25) is 0 Å². The van der Waals surface area contributed by atoms with Gasteiger partial charge in [0.2, 0.25) is 17.8 Å². The van der Waals surface area contributed by atoms with Crippen molar-refractivity contribution in [2.45, 2.75) is 127 Å². The fourth-order valence-electron chi connectivity index (χ4n) is 20.5. The Kier molecular flexibility index (Phi) is 21.5. The van der Waals surface area contributed by atoms with Crippen LogP contribution >= 0.6 is 34.0 Å². The number of nitrogens with zero attached hydrogens (tertiary/aromatic N) is 26. The van der Waals surface area contributed by atoms with Crippen molar-refractivity contribution in [1.29, 1.82) is 15.8 Å². The third-order valence-corrected chi connectivity index (χ3v) is 31.8. The van der Waals surface area contributed by atoms with Gasteiger partial charge in [0.05, 0.1) is 89.7 Å². The second-order valence-electron chi connectivity index (χ2n) is 38.9. The summed E-state index contributed by atoms with van der Waals surface area (Å²) in [4.78, 5) is 88.3. The maximum absolute atomic E-state index is 15.6. The summed E-state index contributed by atoms with van der Waals surface area (Å²) in [5.74, 6) is 0.486. The van der Waals surface area contributed by atoms with Crippen LogP contribution in [0.5, 0.6) is 0 Å². The average Bonchev–Trinajstić information content (AvgIpc) is 1.38. The van der Waals surface area contributed by atoms with Gasteiger partial charge in [0, 0.05) is 159 Å². The summed E-state index contributed by atoms with van der Waals surface area (Å²) in [6.45, 7) is 16.1. The van der Waals surface area contributed by atoms with E-state index in [-0.39, 0.29) is 52.3 Å². The second kappa shape index (κ2) is 33.2. The van der Waals surface area contributed by atoms with Gasteiger partial charge < -0.3 is 74.0 Å². The minimum Gasteiger partial charge on any atom is -0.389 e. The lowest BCUT2D eigenvalue weighted by Crippen LogP contribution is -2.75. The average molecular weight is 1870 g/mol. The number of aromatic nitrogens is 12. The summed E-state index contributed by atoms with van der Waals surface area (Å²) in [6.07, 6.45) is 8.31. The molecule has 3 aromatic carbocycles. The number of hydrogen-bond acceptors (Lipinski definition) is 28. The van der Waals surface area contributed by atoms with E-state index < -0.39 is 35.7 Å². The number of pyridine rings is 3. The molecule has 0 bridgehead atoms. The monoisotopic (exact) mass is 1870 g/mol. The number of fused-ring (bicyclic) bond motifs is 3. The topological polar surface area (TPSA) is 359 Å². The standard InChI is InChI=1S/C32H34FN9O2S.C32H33FN8O3S.C31H32FN9O2S/c1-19-3-5-20(6-4-19)26-25(14-34)45-30(35-26)38(2)29-23-13-24(27(33)36-28(23)37-42(29)21-7-8-21)39-11-9-32(10-12-39)17-41(18-32)31(44)40-15-22(43)16-40;1-19-3-5-20(6-4-19)25-24(14-34)45-30(35-25)38(2)28-22-13-23(26(33)36-27(22)37-41(28)21-7-8-21)39-15-31(16-39)17-40(18-31)29(42)32(43)9-11-44-12-10-32;1-18-3-5-19(6-4-18)25-24(12-33)44-29(34-25)37(2)28-22-11-23(26(32)35-27(22)36-41(28)20-7-8-20)38-10-9-31(15-38)16-40(17-31)30(43)39-13-21(42)14-39/h3-6,13,21-22,43H,7-12,15-18H2,1-2H3;3-6,13,21,43H,7-12,15-18H2,1-2H3;3-6,11,20-21,42H,7-10,13-17H2,1-2H3. The molecule has 3 aliphatic carbocycles. The molecular formula is C95H99F3N26O7S3. The third-order valence-electron chi connectivity index (χ3n) is 28.7. The van der Waals surface area contributed by atoms with E-state index in [1.54, 1.807) is 14.7 Å². The zero-order chi connectivity index (χ0) is 92.4. The number of carbonyl (C=O) groups is 3. The number of aliphatic hydroxyl groups excluding tert-OH is 2. The number of rotatable bonds is 16. The molecule has 12 aromatic rings. The van der Waals surface area contributed by atoms with Crippen LogP contribution in [0.3, 0.4) is 0 Å². The van der Waals surface area contributed by atoms with Crippen LogP contribution < -0.4 is 29.4 Å². The molecule has 0 atom stereocenters. The quantitative estimate of drug-likeness (QED) is 0.0756. The number of piperidine rings is 1. The Labute approximate surface area is 781 Å². The van der Waals surface area contributed by atoms with E-state index in [9.17, 15) is 45.5 Å². The van der Waals surface area contributed by atoms with Crippen LogP contribution in [-0.4, -0.2) is 274 Å². The highest BCUT2D eigenvalue weighted by Crippen LogP contribution is 2.53. The molecular weight excluding hydrogens is 1770 g/mol. The number of benzene rings is 3. The number of anilines is 9. The number of hydrogen-bond donors (Lipinski definition) is 3. The molecule has 3 saturated carbocycles. The fourth-order valence-corrected chi connectivity index (χ4v) is 23.1. The Morgan fingerprint density at radius 2 is 0.746 bits per heavy atom. The molecule has 5 amide bonds. The molecule has 0 radical (unpaired) electrons. The number of likely N-dealkylation sites (tertiary alicyclic amines) is 5. The number of thiazole rings is 3. The smallest absolute Gasteiger partial charge is 0.320 e. The number of ether oxygens (including phenoxy) is 1. The first-order valence-electron chi connectivity index (χ1n) is 45.8. The first-order valence-corrected chi connectivity index (χ1v) is 48.3. The van der Waals surface area contributed by atoms with E-state index in [1.165, 1.54) is 34.0 Å². The molecule has 134 heavy (non-hydrogen) atoms. The van der Waals surface area contributed by atoms with Crippen molar-refractivity contribution in [3.05, 3.63) is 140 Å². The maximum Gasteiger partial charge on any atom is 0.320 e. The SMILES string of the molecule is Cc1ccc(-c2nc(N(C)c3c4cc(N5CC6(CN(C(=O)C7(O)CCOCC7)C6)C5)c(F)nc4nn3C3CC3)sc2C#N)cc1.Cc1ccc(-c2nc(N(C)c3c4cc(N5CCC6(CC5)CN(C(=O)N5CC(O)C5)C6)c(F)nc4nn3C3CC3)sc2C#N)cc1.Cc1ccc(-c2nc(N(C)c3c4cc(N5CCC6(CN(C(=O)N7CC(O)C7)C6)C5)c(F)nc4nn3C3CC3)sc2C#N)cc1. The van der Waals surface area contributed by atoms with Crippen LogP contribution in [-0.2, 0) is 9.53 Å². The molecule has 9 saturated heterocycles. The predicted octanol–water partition coefficient (Wildman–Crippen LogP) is 13.1. The lowest BCUT2D eigenvalue weighted by atomic mass is 9.71. The fraction of sp³-hybridized carbons (Fsp3) is 0.463. The molecule has 0 unspecified atom stereocenters. The van der Waals surface area contributed by atoms with E-state index in [2.05, 4.69) is 38.1 Å². The number of β-amino-alcohol motifs (C(OH)–C–C–N with tert-alkyl or cyclic N) is 2. The van der Waals surface area contributed by atoms with Crippen molar-refractivity contribution in [2.24, 2.45) is 16.2 Å². The van der Waals surface area contributed by atoms with Gasteiger partial charge in [-0.1, -0.05) is 123 Å². The van der Waals surface area contributed by atoms with Crippen molar-refractivity contribution in [2.75, 3.05) is 168 Å². The Balaban J connectivity index is 0.000000117. The molecule has 3 spiro atoms. The maximum atomic E-state index is 15.6. The molecule has 690 valence electrons. The summed E-state index contributed by atoms with van der Waals surface area (Å²) >= 11 is 3.97. The van der Waals surface area contributed by atoms with Gasteiger partial charge >= 0.3 is 12.1 Å². The predicted molar refractivity (Wildman–Crippen MR) is 501 cm³/mol. The Morgan fingerprint density at radius 3 is 1.10 bits per heavy atom. The van der Waals surface area contributed by atoms with Gasteiger partial charge in [-0.25, -0.2) is 38.6 Å². The van der Waals surface area contributed by atoms with Crippen LogP contribution in [0.15, 0.2) is 91.0 Å². The lowest BCUT2D eigenvalue weighted by molar-refractivity contribution is -0.174. The number of aryl methyl sites for hydroxylation is 3. The largest absolute Gasteiger partial charge is 0.389 e. The molecule has 3 N–H and O–H groups in total. The van der Waals surface area contributed by atoms with Gasteiger partial charge in [-0.15, -0.1) is 0 Å². The number of aliphatic hydroxyl groups is 3. The summed E-state index contributed by atoms with van der Waals surface area (Å²) in [7, 11) is 5.74. The molecule has 12 fully saturated rings. The Morgan fingerprint density at radius 1 is 0.425 bits per heavy atom. The molecule has 9 aromatic heterocycles. The van der Waals surface area contributed by atoms with Gasteiger partial charge in [-0.2, -0.15) is 59.2 Å². The molecule has 12 aliphatic rings. The number of carbonyl (C=O) groups excluding carboxylic acids is 3. The number of amides is 5. The normalized spacial score (nSPS) is 19.7. The van der Waals surface area contributed by atoms with Crippen molar-refractivity contribution >= 4 is 135 Å². The second-order valence-corrected chi connectivity index (χ2v) is 41.8. The van der Waals surface area contributed by atoms with Crippen molar-refractivity contribution < 1.29 is 47.6 Å². The molecule has 24 rings (SSSR count). The highest BCUT2D eigenvalue weighted by Gasteiger charge is 2.58. The van der Waals surface area contributed by atoms with Crippen LogP contribution in [0.25, 0.3) is 66.9 Å². The molecule has 33 nitrogen and oxygen atoms in total. The highest BCUT2D eigenvalue weighted by atomic mass is 32.1. The van der Waals surface area contributed by atoms with Gasteiger partial charge in [0.25, 0.3) is 5.91 Å². The van der Waals surface area contributed by atoms with Gasteiger partial charge in [-0.3, -0.25) is 4.79 Å². The summed E-state index contributed by atoms with van der Waals surface area (Å²) in [5.41, 5.74) is 8.86. The van der Waals surface area contributed by atoms with Gasteiger partial charge in [0.1, 0.15) is 73.0 Å². The zero-order valence-electron chi connectivity index (χ0n) is 75.0. The van der Waals surface area contributed by atoms with Gasteiger partial charge in [0.15, 0.2) is 32.3 Å². The van der Waals surface area contributed by atoms with Crippen molar-refractivity contribution in [1.82, 2.24) is 83.7 Å². The molecule has 39 heteroatoms. The number of nitriles is 3. The Hall–Kier alpha value is -12.7. The minimum atomic E-state index is -1.35. The van der Waals surface area contributed by atoms with E-state index in [1.807, 2.05) is 181 Å².